The Morgan fingerprint density at radius 1 is 1.17 bits per heavy atom. The third-order valence-electron chi connectivity index (χ3n) is 3.78. The molecule has 3 aromatic rings. The molecule has 5 heteroatoms. The van der Waals surface area contributed by atoms with Crippen LogP contribution >= 0.6 is 15.9 Å². The Morgan fingerprint density at radius 2 is 1.96 bits per heavy atom. The van der Waals surface area contributed by atoms with Crippen molar-refractivity contribution in [2.45, 2.75) is 19.8 Å². The maximum Gasteiger partial charge on any atom is 0.251 e. The van der Waals surface area contributed by atoms with Gasteiger partial charge >= 0.3 is 0 Å². The molecule has 0 aliphatic rings. The van der Waals surface area contributed by atoms with Crippen LogP contribution in [0.2, 0.25) is 0 Å². The topological polar surface area (TPSA) is 62.0 Å². The Kier molecular flexibility index (Phi) is 4.81. The molecule has 0 bridgehead atoms. The van der Waals surface area contributed by atoms with Crippen molar-refractivity contribution in [3.8, 4) is 0 Å². The number of fused-ring (bicyclic) bond motifs is 1. The maximum absolute atomic E-state index is 12.1. The van der Waals surface area contributed by atoms with Crippen LogP contribution < -0.4 is 10.9 Å². The highest BCUT2D eigenvalue weighted by atomic mass is 79.9. The van der Waals surface area contributed by atoms with Gasteiger partial charge in [0.25, 0.3) is 5.56 Å². The van der Waals surface area contributed by atoms with Gasteiger partial charge in [0.1, 0.15) is 0 Å². The fraction of sp³-hybridized carbons (Fsp3) is 0.158. The molecule has 2 N–H and O–H groups in total. The second-order valence-electron chi connectivity index (χ2n) is 5.78. The summed E-state index contributed by atoms with van der Waals surface area (Å²) in [4.78, 5) is 27.1. The van der Waals surface area contributed by atoms with E-state index in [1.165, 1.54) is 0 Å². The molecule has 122 valence electrons. The summed E-state index contributed by atoms with van der Waals surface area (Å²) in [6, 6.07) is 15.2. The van der Waals surface area contributed by atoms with Gasteiger partial charge in [-0.2, -0.15) is 0 Å². The normalized spacial score (nSPS) is 10.8. The monoisotopic (exact) mass is 384 g/mol. The predicted molar refractivity (Wildman–Crippen MR) is 100 cm³/mol. The molecule has 0 aliphatic heterocycles. The lowest BCUT2D eigenvalue weighted by Gasteiger charge is -2.07. The van der Waals surface area contributed by atoms with Crippen LogP contribution in [0.3, 0.4) is 0 Å². The summed E-state index contributed by atoms with van der Waals surface area (Å²) in [7, 11) is 0. The Labute approximate surface area is 148 Å². The van der Waals surface area contributed by atoms with E-state index >= 15 is 0 Å². The molecule has 0 fully saturated rings. The van der Waals surface area contributed by atoms with E-state index < -0.39 is 0 Å². The number of halogens is 1. The van der Waals surface area contributed by atoms with Crippen molar-refractivity contribution >= 4 is 38.4 Å². The maximum atomic E-state index is 12.1. The van der Waals surface area contributed by atoms with Gasteiger partial charge in [0, 0.05) is 27.7 Å². The number of pyridine rings is 1. The van der Waals surface area contributed by atoms with Gasteiger partial charge in [-0.15, -0.1) is 0 Å². The van der Waals surface area contributed by atoms with Gasteiger partial charge in [-0.25, -0.2) is 0 Å². The number of aromatic nitrogens is 1. The zero-order valence-corrected chi connectivity index (χ0v) is 14.8. The van der Waals surface area contributed by atoms with E-state index in [0.29, 0.717) is 12.0 Å². The SMILES string of the molecule is Cc1cc(Br)cc(NC(=O)CCc2cc3ccccc3[nH]c2=O)c1. The number of benzene rings is 2. The molecule has 0 saturated heterocycles. The number of carbonyl (C=O) groups is 1. The first kappa shape index (κ1) is 16.5. The van der Waals surface area contributed by atoms with E-state index in [1.807, 2.05) is 55.5 Å². The molecule has 1 amide bonds. The molecule has 0 saturated carbocycles. The van der Waals surface area contributed by atoms with Crippen LogP contribution in [0.4, 0.5) is 5.69 Å². The summed E-state index contributed by atoms with van der Waals surface area (Å²) in [6.07, 6.45) is 0.659. The third kappa shape index (κ3) is 3.92. The number of anilines is 1. The summed E-state index contributed by atoms with van der Waals surface area (Å²) in [5, 5.41) is 3.84. The lowest BCUT2D eigenvalue weighted by atomic mass is 10.1. The van der Waals surface area contributed by atoms with Crippen LogP contribution in [0.1, 0.15) is 17.5 Å². The van der Waals surface area contributed by atoms with Gasteiger partial charge in [-0.05, 0) is 54.6 Å². The summed E-state index contributed by atoms with van der Waals surface area (Å²) in [5.41, 5.74) is 3.10. The number of aromatic amines is 1. The molecule has 0 aliphatic carbocycles. The summed E-state index contributed by atoms with van der Waals surface area (Å²) in [5.74, 6) is -0.111. The zero-order valence-electron chi connectivity index (χ0n) is 13.2. The van der Waals surface area contributed by atoms with Gasteiger partial charge in [-0.1, -0.05) is 34.1 Å². The minimum Gasteiger partial charge on any atom is -0.326 e. The van der Waals surface area contributed by atoms with E-state index in [9.17, 15) is 9.59 Å². The molecule has 4 nitrogen and oxygen atoms in total. The largest absolute Gasteiger partial charge is 0.326 e. The molecule has 3 rings (SSSR count). The van der Waals surface area contributed by atoms with Crippen LogP contribution in [0.5, 0.6) is 0 Å². The Hall–Kier alpha value is -2.40. The first-order valence-electron chi connectivity index (χ1n) is 7.69. The van der Waals surface area contributed by atoms with Crippen molar-refractivity contribution in [3.63, 3.8) is 0 Å². The van der Waals surface area contributed by atoms with Crippen LogP contribution in [0, 0.1) is 6.92 Å². The number of nitrogens with one attached hydrogen (secondary N) is 2. The molecule has 0 unspecified atom stereocenters. The summed E-state index contributed by atoms with van der Waals surface area (Å²) >= 11 is 3.41. The van der Waals surface area contributed by atoms with Crippen LogP contribution in [-0.4, -0.2) is 10.9 Å². The third-order valence-corrected chi connectivity index (χ3v) is 4.24. The van der Waals surface area contributed by atoms with Crippen molar-refractivity contribution in [1.82, 2.24) is 4.98 Å². The Bertz CT molecular complexity index is 943. The lowest BCUT2D eigenvalue weighted by molar-refractivity contribution is -0.116. The van der Waals surface area contributed by atoms with E-state index in [-0.39, 0.29) is 17.9 Å². The minimum atomic E-state index is -0.139. The van der Waals surface area contributed by atoms with Gasteiger partial charge in [0.05, 0.1) is 0 Å². The van der Waals surface area contributed by atoms with Crippen molar-refractivity contribution < 1.29 is 4.79 Å². The quantitative estimate of drug-likeness (QED) is 0.708. The predicted octanol–water partition coefficient (Wildman–Crippen LogP) is 4.17. The number of hydrogen-bond acceptors (Lipinski definition) is 2. The molecule has 1 heterocycles. The summed E-state index contributed by atoms with van der Waals surface area (Å²) < 4.78 is 0.920. The second-order valence-corrected chi connectivity index (χ2v) is 6.69. The molecule has 24 heavy (non-hydrogen) atoms. The smallest absolute Gasteiger partial charge is 0.251 e. The highest BCUT2D eigenvalue weighted by Crippen LogP contribution is 2.19. The summed E-state index contributed by atoms with van der Waals surface area (Å²) in [6.45, 7) is 1.97. The van der Waals surface area contributed by atoms with Crippen LogP contribution in [0.25, 0.3) is 10.9 Å². The molecule has 0 atom stereocenters. The van der Waals surface area contributed by atoms with Crippen LogP contribution in [0.15, 0.2) is 57.8 Å². The number of carbonyl (C=O) groups excluding carboxylic acids is 1. The second kappa shape index (κ2) is 7.01. The zero-order chi connectivity index (χ0) is 17.1. The fourth-order valence-corrected chi connectivity index (χ4v) is 3.27. The first-order chi connectivity index (χ1) is 11.5. The standard InChI is InChI=1S/C19H17BrN2O2/c1-12-8-15(20)11-16(9-12)21-18(23)7-6-14-10-13-4-2-3-5-17(13)22-19(14)24/h2-5,8-11H,6-7H2,1H3,(H,21,23)(H,22,24). The van der Waals surface area contributed by atoms with Crippen molar-refractivity contribution in [1.29, 1.82) is 0 Å². The number of hydrogen-bond donors (Lipinski definition) is 2. The van der Waals surface area contributed by atoms with Crippen molar-refractivity contribution in [2.24, 2.45) is 0 Å². The highest BCUT2D eigenvalue weighted by molar-refractivity contribution is 9.10. The number of para-hydroxylation sites is 1. The molecule has 0 radical (unpaired) electrons. The molecule has 2 aromatic carbocycles. The molecule has 0 spiro atoms. The van der Waals surface area contributed by atoms with E-state index in [2.05, 4.69) is 26.2 Å². The Balaban J connectivity index is 1.70. The number of H-pyrrole nitrogens is 1. The first-order valence-corrected chi connectivity index (χ1v) is 8.48. The number of rotatable bonds is 4. The van der Waals surface area contributed by atoms with Gasteiger partial charge < -0.3 is 10.3 Å². The van der Waals surface area contributed by atoms with Gasteiger partial charge in [0.15, 0.2) is 0 Å². The van der Waals surface area contributed by atoms with Crippen molar-refractivity contribution in [3.05, 3.63) is 74.5 Å². The van der Waals surface area contributed by atoms with E-state index in [4.69, 9.17) is 0 Å². The van der Waals surface area contributed by atoms with Gasteiger partial charge in [0.2, 0.25) is 5.91 Å². The average molecular weight is 385 g/mol. The Morgan fingerprint density at radius 3 is 2.75 bits per heavy atom. The minimum absolute atomic E-state index is 0.111. The van der Waals surface area contributed by atoms with Crippen LogP contribution in [-0.2, 0) is 11.2 Å². The van der Waals surface area contributed by atoms with Gasteiger partial charge in [-0.3, -0.25) is 9.59 Å². The van der Waals surface area contributed by atoms with E-state index in [0.717, 1.165) is 26.6 Å². The fourth-order valence-electron chi connectivity index (χ4n) is 2.66. The average Bonchev–Trinajstić information content (AvgIpc) is 2.52. The lowest BCUT2D eigenvalue weighted by Crippen LogP contribution is -2.17. The number of aryl methyl sites for hydroxylation is 2. The van der Waals surface area contributed by atoms with E-state index in [1.54, 1.807) is 0 Å². The highest BCUT2D eigenvalue weighted by Gasteiger charge is 2.08. The molecular weight excluding hydrogens is 368 g/mol. The molecule has 1 aromatic heterocycles. The number of amides is 1. The van der Waals surface area contributed by atoms with Crippen molar-refractivity contribution in [2.75, 3.05) is 5.32 Å². The molecular formula is C19H17BrN2O2.